The lowest BCUT2D eigenvalue weighted by Gasteiger charge is -2.32. The largest absolute Gasteiger partial charge is 0.339 e. The highest BCUT2D eigenvalue weighted by atomic mass is 16.2. The fraction of sp³-hybridized carbons (Fsp3) is 0.179. The summed E-state index contributed by atoms with van der Waals surface area (Å²) in [5.41, 5.74) is 5.23. The Balaban J connectivity index is 1.40. The Morgan fingerprint density at radius 1 is 0.912 bits per heavy atom. The fourth-order valence-corrected chi connectivity index (χ4v) is 4.41. The van der Waals surface area contributed by atoms with E-state index < -0.39 is 0 Å². The van der Waals surface area contributed by atoms with E-state index >= 15 is 0 Å². The number of carbonyl (C=O) groups is 1. The minimum absolute atomic E-state index is 0.00459. The van der Waals surface area contributed by atoms with Gasteiger partial charge in [0.2, 0.25) is 0 Å². The molecule has 166 valence electrons. The third-order valence-electron chi connectivity index (χ3n) is 6.27. The van der Waals surface area contributed by atoms with Gasteiger partial charge in [-0.15, -0.1) is 0 Å². The van der Waals surface area contributed by atoms with Crippen LogP contribution < -0.4 is 0 Å². The van der Waals surface area contributed by atoms with Crippen molar-refractivity contribution in [2.75, 3.05) is 13.1 Å². The summed E-state index contributed by atoms with van der Waals surface area (Å²) in [4.78, 5) is 28.7. The van der Waals surface area contributed by atoms with Crippen LogP contribution in [0.2, 0.25) is 0 Å². The van der Waals surface area contributed by atoms with E-state index in [1.807, 2.05) is 53.6 Å². The second-order valence-electron chi connectivity index (χ2n) is 8.35. The number of amides is 1. The van der Waals surface area contributed by atoms with Gasteiger partial charge in [-0.25, -0.2) is 9.97 Å². The highest BCUT2D eigenvalue weighted by Crippen LogP contribution is 2.35. The van der Waals surface area contributed by atoms with E-state index in [2.05, 4.69) is 16.0 Å². The molecule has 1 fully saturated rings. The molecule has 0 saturated carbocycles. The molecule has 34 heavy (non-hydrogen) atoms. The van der Waals surface area contributed by atoms with Crippen molar-refractivity contribution in [3.63, 3.8) is 0 Å². The van der Waals surface area contributed by atoms with Crippen molar-refractivity contribution in [1.82, 2.24) is 19.9 Å². The van der Waals surface area contributed by atoms with Gasteiger partial charge in [-0.05, 0) is 54.8 Å². The van der Waals surface area contributed by atoms with Crippen LogP contribution in [0, 0.1) is 11.3 Å². The minimum Gasteiger partial charge on any atom is -0.339 e. The minimum atomic E-state index is 0.00459. The van der Waals surface area contributed by atoms with Gasteiger partial charge in [0.1, 0.15) is 0 Å². The molecule has 2 aromatic carbocycles. The van der Waals surface area contributed by atoms with Gasteiger partial charge < -0.3 is 4.90 Å². The van der Waals surface area contributed by atoms with Crippen LogP contribution >= 0.6 is 0 Å². The molecule has 0 spiro atoms. The number of pyridine rings is 1. The number of piperidine rings is 1. The van der Waals surface area contributed by atoms with Gasteiger partial charge in [0.05, 0.1) is 17.3 Å². The third-order valence-corrected chi connectivity index (χ3v) is 6.27. The first-order valence-electron chi connectivity index (χ1n) is 11.3. The van der Waals surface area contributed by atoms with E-state index in [9.17, 15) is 4.79 Å². The molecule has 0 N–H and O–H groups in total. The van der Waals surface area contributed by atoms with Crippen molar-refractivity contribution in [3.05, 3.63) is 102 Å². The maximum atomic E-state index is 13.0. The fourth-order valence-electron chi connectivity index (χ4n) is 4.41. The molecule has 0 atom stereocenters. The van der Waals surface area contributed by atoms with E-state index in [0.717, 1.165) is 35.2 Å². The Kier molecular flexibility index (Phi) is 6.09. The highest BCUT2D eigenvalue weighted by Gasteiger charge is 2.28. The van der Waals surface area contributed by atoms with E-state index in [0.29, 0.717) is 30.0 Å². The average molecular weight is 446 g/mol. The normalized spacial score (nSPS) is 13.9. The molecule has 0 bridgehead atoms. The zero-order valence-electron chi connectivity index (χ0n) is 18.6. The molecule has 0 unspecified atom stereocenters. The number of benzene rings is 2. The number of rotatable bonds is 4. The van der Waals surface area contributed by atoms with Crippen molar-refractivity contribution in [2.24, 2.45) is 0 Å². The zero-order chi connectivity index (χ0) is 23.3. The third kappa shape index (κ3) is 4.41. The van der Waals surface area contributed by atoms with Crippen molar-refractivity contribution >= 4 is 5.91 Å². The van der Waals surface area contributed by atoms with Gasteiger partial charge in [0, 0.05) is 54.3 Å². The van der Waals surface area contributed by atoms with Crippen LogP contribution in [-0.2, 0) is 0 Å². The van der Waals surface area contributed by atoms with E-state index in [-0.39, 0.29) is 11.8 Å². The van der Waals surface area contributed by atoms with E-state index in [1.165, 1.54) is 0 Å². The molecule has 1 aliphatic rings. The molecule has 1 saturated heterocycles. The number of hydrogen-bond donors (Lipinski definition) is 0. The molecule has 6 nitrogen and oxygen atoms in total. The second-order valence-corrected chi connectivity index (χ2v) is 8.35. The van der Waals surface area contributed by atoms with Gasteiger partial charge in [0.25, 0.3) is 5.91 Å². The van der Waals surface area contributed by atoms with Crippen LogP contribution in [0.5, 0.6) is 0 Å². The summed E-state index contributed by atoms with van der Waals surface area (Å²) >= 11 is 0. The number of nitriles is 1. The maximum absolute atomic E-state index is 13.0. The summed E-state index contributed by atoms with van der Waals surface area (Å²) in [5, 5.41) is 8.99. The standard InChI is InChI=1S/C28H23N5O/c29-18-20-6-8-24(9-7-20)28(34)33-16-12-22(13-17-33)26-25(21-10-14-30-15-11-21)19-31-27(32-26)23-4-2-1-3-5-23/h1-11,14-15,19,22H,12-13,16-17H2. The molecule has 4 aromatic rings. The lowest BCUT2D eigenvalue weighted by molar-refractivity contribution is 0.0712. The summed E-state index contributed by atoms with van der Waals surface area (Å²) in [6.45, 7) is 1.31. The first-order chi connectivity index (χ1) is 16.7. The van der Waals surface area contributed by atoms with Crippen molar-refractivity contribution in [3.8, 4) is 28.6 Å². The molecule has 5 rings (SSSR count). The van der Waals surface area contributed by atoms with Crippen molar-refractivity contribution < 1.29 is 4.79 Å². The molecular weight excluding hydrogens is 422 g/mol. The van der Waals surface area contributed by atoms with Gasteiger partial charge in [0.15, 0.2) is 5.82 Å². The molecule has 3 heterocycles. The maximum Gasteiger partial charge on any atom is 0.253 e. The van der Waals surface area contributed by atoms with Crippen molar-refractivity contribution in [1.29, 1.82) is 5.26 Å². The van der Waals surface area contributed by atoms with Crippen LogP contribution in [0.15, 0.2) is 85.3 Å². The summed E-state index contributed by atoms with van der Waals surface area (Å²) in [6.07, 6.45) is 7.12. The molecule has 0 radical (unpaired) electrons. The first kappa shape index (κ1) is 21.5. The Morgan fingerprint density at radius 2 is 1.62 bits per heavy atom. The average Bonchev–Trinajstić information content (AvgIpc) is 2.93. The Labute approximate surface area is 198 Å². The van der Waals surface area contributed by atoms with Crippen LogP contribution in [0.25, 0.3) is 22.5 Å². The quantitative estimate of drug-likeness (QED) is 0.437. The highest BCUT2D eigenvalue weighted by molar-refractivity contribution is 5.94. The number of aromatic nitrogens is 3. The van der Waals surface area contributed by atoms with Gasteiger partial charge in [-0.3, -0.25) is 9.78 Å². The van der Waals surface area contributed by atoms with Crippen LogP contribution in [0.1, 0.15) is 40.4 Å². The molecule has 2 aromatic heterocycles. The van der Waals surface area contributed by atoms with Crippen LogP contribution in [0.3, 0.4) is 0 Å². The molecule has 1 aliphatic heterocycles. The van der Waals surface area contributed by atoms with E-state index in [4.69, 9.17) is 10.2 Å². The summed E-state index contributed by atoms with van der Waals surface area (Å²) in [5.74, 6) is 0.938. The molecule has 6 heteroatoms. The lowest BCUT2D eigenvalue weighted by Crippen LogP contribution is -2.38. The summed E-state index contributed by atoms with van der Waals surface area (Å²) in [7, 11) is 0. The molecule has 1 amide bonds. The summed E-state index contributed by atoms with van der Waals surface area (Å²) < 4.78 is 0. The predicted molar refractivity (Wildman–Crippen MR) is 130 cm³/mol. The molecule has 0 aliphatic carbocycles. The Bertz CT molecular complexity index is 1320. The topological polar surface area (TPSA) is 82.8 Å². The number of carbonyl (C=O) groups excluding carboxylic acids is 1. The smallest absolute Gasteiger partial charge is 0.253 e. The zero-order valence-corrected chi connectivity index (χ0v) is 18.6. The second kappa shape index (κ2) is 9.63. The van der Waals surface area contributed by atoms with E-state index in [1.54, 1.807) is 36.7 Å². The monoisotopic (exact) mass is 445 g/mol. The first-order valence-corrected chi connectivity index (χ1v) is 11.3. The van der Waals surface area contributed by atoms with Crippen LogP contribution in [-0.4, -0.2) is 38.8 Å². The predicted octanol–water partition coefficient (Wildman–Crippen LogP) is 5.10. The van der Waals surface area contributed by atoms with Gasteiger partial charge in [-0.2, -0.15) is 5.26 Å². The SMILES string of the molecule is N#Cc1ccc(C(=O)N2CCC(c3nc(-c4ccccc4)ncc3-c3ccncc3)CC2)cc1. The summed E-state index contributed by atoms with van der Waals surface area (Å²) in [6, 6.07) is 22.9. The number of hydrogen-bond acceptors (Lipinski definition) is 5. The van der Waals surface area contributed by atoms with Crippen LogP contribution in [0.4, 0.5) is 0 Å². The molecular formula is C28H23N5O. The van der Waals surface area contributed by atoms with Crippen molar-refractivity contribution in [2.45, 2.75) is 18.8 Å². The Morgan fingerprint density at radius 3 is 2.29 bits per heavy atom. The number of likely N-dealkylation sites (tertiary alicyclic amines) is 1. The van der Waals surface area contributed by atoms with Gasteiger partial charge >= 0.3 is 0 Å². The Hall–Kier alpha value is -4.37. The lowest BCUT2D eigenvalue weighted by atomic mass is 9.88. The van der Waals surface area contributed by atoms with Gasteiger partial charge in [-0.1, -0.05) is 30.3 Å². The number of nitrogens with zero attached hydrogens (tertiary/aromatic N) is 5.